The Kier molecular flexibility index (Phi) is 5.48. The van der Waals surface area contributed by atoms with Gasteiger partial charge in [0.1, 0.15) is 0 Å². The first kappa shape index (κ1) is 11.9. The minimum atomic E-state index is -4.64. The van der Waals surface area contributed by atoms with Gasteiger partial charge >= 0.3 is 7.82 Å². The maximum atomic E-state index is 8.88. The Balaban J connectivity index is 0.000000217. The molecule has 0 saturated carbocycles. The van der Waals surface area contributed by atoms with Crippen molar-refractivity contribution in [2.75, 3.05) is 0 Å². The smallest absolute Gasteiger partial charge is 0.316 e. The summed E-state index contributed by atoms with van der Waals surface area (Å²) in [5.74, 6) is 0. The van der Waals surface area contributed by atoms with Gasteiger partial charge in [0, 0.05) is 0 Å². The zero-order valence-corrected chi connectivity index (χ0v) is 7.78. The van der Waals surface area contributed by atoms with Crippen LogP contribution in [-0.2, 0) is 4.57 Å². The fourth-order valence-electron chi connectivity index (χ4n) is 0.400. The third-order valence-electron chi connectivity index (χ3n) is 0.726. The molecule has 0 aromatic heterocycles. The Morgan fingerprint density at radius 3 is 2.00 bits per heavy atom. The van der Waals surface area contributed by atoms with Crippen LogP contribution in [0.15, 0.2) is 23.6 Å². The van der Waals surface area contributed by atoms with Gasteiger partial charge in [-0.25, -0.2) is 4.57 Å². The average molecular weight is 211 g/mol. The minimum absolute atomic E-state index is 0.185. The quantitative estimate of drug-likeness (QED) is 0.425. The number of thioether (sulfide) groups is 1. The van der Waals surface area contributed by atoms with Crippen LogP contribution in [0.4, 0.5) is 0 Å². The highest BCUT2D eigenvalue weighted by molar-refractivity contribution is 8.02. The summed E-state index contributed by atoms with van der Waals surface area (Å²) in [5.41, 5.74) is 5.46. The Bertz CT molecular complexity index is 215. The predicted molar refractivity (Wildman–Crippen MR) is 48.1 cm³/mol. The molecule has 5 nitrogen and oxygen atoms in total. The summed E-state index contributed by atoms with van der Waals surface area (Å²) >= 11 is 1.63. The summed E-state index contributed by atoms with van der Waals surface area (Å²) in [6.07, 6.45) is 5.90. The lowest BCUT2D eigenvalue weighted by atomic mass is 10.5. The molecule has 0 fully saturated rings. The Hall–Kier alpha value is -0.100. The van der Waals surface area contributed by atoms with Crippen LogP contribution in [0.2, 0.25) is 0 Å². The van der Waals surface area contributed by atoms with Gasteiger partial charge in [-0.15, -0.1) is 11.8 Å². The molecular weight excluding hydrogens is 201 g/mol. The molecule has 0 amide bonds. The highest BCUT2D eigenvalue weighted by Gasteiger charge is 2.00. The van der Waals surface area contributed by atoms with Crippen molar-refractivity contribution in [2.45, 2.75) is 5.37 Å². The van der Waals surface area contributed by atoms with Crippen molar-refractivity contribution in [3.8, 4) is 0 Å². The zero-order valence-electron chi connectivity index (χ0n) is 6.07. The monoisotopic (exact) mass is 211 g/mol. The second-order valence-corrected chi connectivity index (χ2v) is 3.94. The molecule has 0 aromatic rings. The largest absolute Gasteiger partial charge is 0.466 e. The van der Waals surface area contributed by atoms with Crippen LogP contribution < -0.4 is 5.73 Å². The topological polar surface area (TPSA) is 104 Å². The predicted octanol–water partition coefficient (Wildman–Crippen LogP) is 0.159. The van der Waals surface area contributed by atoms with E-state index in [0.717, 1.165) is 0 Å². The van der Waals surface area contributed by atoms with Crippen LogP contribution >= 0.6 is 19.6 Å². The minimum Gasteiger partial charge on any atom is -0.316 e. The van der Waals surface area contributed by atoms with Crippen LogP contribution in [0, 0.1) is 0 Å². The van der Waals surface area contributed by atoms with Crippen LogP contribution in [0.3, 0.4) is 0 Å². The van der Waals surface area contributed by atoms with E-state index < -0.39 is 7.82 Å². The molecule has 0 aromatic carbocycles. The molecule has 1 heterocycles. The molecule has 1 unspecified atom stereocenters. The fourth-order valence-corrected chi connectivity index (χ4v) is 0.945. The van der Waals surface area contributed by atoms with E-state index in [1.165, 1.54) is 0 Å². The van der Waals surface area contributed by atoms with Crippen molar-refractivity contribution in [3.63, 3.8) is 0 Å². The Morgan fingerprint density at radius 1 is 1.33 bits per heavy atom. The number of hydrogen-bond donors (Lipinski definition) is 4. The van der Waals surface area contributed by atoms with Crippen molar-refractivity contribution in [1.82, 2.24) is 0 Å². The highest BCUT2D eigenvalue weighted by Crippen LogP contribution is 2.25. The normalized spacial score (nSPS) is 21.5. The van der Waals surface area contributed by atoms with Crippen molar-refractivity contribution in [2.24, 2.45) is 5.73 Å². The van der Waals surface area contributed by atoms with E-state index in [1.807, 2.05) is 23.6 Å². The van der Waals surface area contributed by atoms with Crippen molar-refractivity contribution < 1.29 is 19.2 Å². The van der Waals surface area contributed by atoms with Gasteiger partial charge in [-0.3, -0.25) is 0 Å². The number of nitrogens with two attached hydrogens (primary N) is 1. The summed E-state index contributed by atoms with van der Waals surface area (Å²) in [7, 11) is -4.64. The second kappa shape index (κ2) is 5.53. The van der Waals surface area contributed by atoms with E-state index in [4.69, 9.17) is 25.0 Å². The first-order chi connectivity index (χ1) is 5.39. The van der Waals surface area contributed by atoms with Crippen molar-refractivity contribution in [1.29, 1.82) is 0 Å². The molecule has 1 aliphatic rings. The molecule has 1 atom stereocenters. The van der Waals surface area contributed by atoms with Crippen LogP contribution in [0.1, 0.15) is 0 Å². The lowest BCUT2D eigenvalue weighted by Crippen LogP contribution is -2.10. The fraction of sp³-hybridized carbons (Fsp3) is 0.200. The Morgan fingerprint density at radius 2 is 1.83 bits per heavy atom. The SMILES string of the molecule is NC1C=CC=CS1.O=P(O)(O)O. The lowest BCUT2D eigenvalue weighted by molar-refractivity contribution is 0.275. The molecule has 70 valence electrons. The lowest BCUT2D eigenvalue weighted by Gasteiger charge is -2.02. The van der Waals surface area contributed by atoms with Gasteiger partial charge in [-0.05, 0) is 5.41 Å². The van der Waals surface area contributed by atoms with E-state index in [1.54, 1.807) is 11.8 Å². The van der Waals surface area contributed by atoms with E-state index in [0.29, 0.717) is 0 Å². The maximum absolute atomic E-state index is 8.88. The molecule has 7 heteroatoms. The highest BCUT2D eigenvalue weighted by atomic mass is 32.2. The van der Waals surface area contributed by atoms with E-state index >= 15 is 0 Å². The summed E-state index contributed by atoms with van der Waals surface area (Å²) in [6.45, 7) is 0. The number of phosphoric acid groups is 1. The molecule has 0 spiro atoms. The molecule has 0 saturated heterocycles. The third-order valence-corrected chi connectivity index (χ3v) is 1.51. The first-order valence-corrected chi connectivity index (χ1v) is 5.43. The second-order valence-electron chi connectivity index (χ2n) is 1.83. The molecule has 0 radical (unpaired) electrons. The van der Waals surface area contributed by atoms with Crippen molar-refractivity contribution in [3.05, 3.63) is 23.6 Å². The molecule has 0 bridgehead atoms. The standard InChI is InChI=1S/C5H7NS.H3O4P/c6-5-3-1-2-4-7-5;1-5(2,3)4/h1-5H,6H2;(H3,1,2,3,4). The van der Waals surface area contributed by atoms with Gasteiger partial charge in [0.15, 0.2) is 0 Å². The van der Waals surface area contributed by atoms with Gasteiger partial charge in [0.05, 0.1) is 5.37 Å². The molecule has 0 aliphatic carbocycles. The molecule has 1 rings (SSSR count). The number of allylic oxidation sites excluding steroid dienone is 2. The van der Waals surface area contributed by atoms with Gasteiger partial charge in [-0.1, -0.05) is 18.2 Å². The maximum Gasteiger partial charge on any atom is 0.466 e. The van der Waals surface area contributed by atoms with Crippen molar-refractivity contribution >= 4 is 19.6 Å². The average Bonchev–Trinajstić information content (AvgIpc) is 1.85. The van der Waals surface area contributed by atoms with Gasteiger partial charge < -0.3 is 20.4 Å². The molecule has 12 heavy (non-hydrogen) atoms. The number of rotatable bonds is 0. The van der Waals surface area contributed by atoms with Crippen LogP contribution in [-0.4, -0.2) is 20.1 Å². The number of hydrogen-bond acceptors (Lipinski definition) is 3. The summed E-state index contributed by atoms with van der Waals surface area (Å²) in [6, 6.07) is 0. The van der Waals surface area contributed by atoms with Crippen LogP contribution in [0.5, 0.6) is 0 Å². The van der Waals surface area contributed by atoms with Gasteiger partial charge in [0.25, 0.3) is 0 Å². The van der Waals surface area contributed by atoms with Gasteiger partial charge in [0.2, 0.25) is 0 Å². The molecular formula is C5H10NO4PS. The Labute approximate surface area is 74.2 Å². The first-order valence-electron chi connectivity index (χ1n) is 2.92. The van der Waals surface area contributed by atoms with E-state index in [-0.39, 0.29) is 5.37 Å². The van der Waals surface area contributed by atoms with Gasteiger partial charge in [-0.2, -0.15) is 0 Å². The van der Waals surface area contributed by atoms with E-state index in [2.05, 4.69) is 0 Å². The molecule has 1 aliphatic heterocycles. The summed E-state index contributed by atoms with van der Waals surface area (Å²) in [5, 5.41) is 2.18. The summed E-state index contributed by atoms with van der Waals surface area (Å²) < 4.78 is 8.88. The third kappa shape index (κ3) is 12.6. The summed E-state index contributed by atoms with van der Waals surface area (Å²) in [4.78, 5) is 21.6. The van der Waals surface area contributed by atoms with E-state index in [9.17, 15) is 0 Å². The van der Waals surface area contributed by atoms with Crippen LogP contribution in [0.25, 0.3) is 0 Å². The molecule has 5 N–H and O–H groups in total. The zero-order chi connectivity index (χ0) is 9.61.